The Labute approximate surface area is 77.6 Å². The van der Waals surface area contributed by atoms with E-state index in [0.717, 1.165) is 11.6 Å². The van der Waals surface area contributed by atoms with Gasteiger partial charge < -0.3 is 15.1 Å². The molecule has 0 aromatic rings. The van der Waals surface area contributed by atoms with Crippen molar-refractivity contribution in [3.05, 3.63) is 23.8 Å². The fourth-order valence-electron chi connectivity index (χ4n) is 1.02. The highest BCUT2D eigenvalue weighted by atomic mass is 19.4. The maximum Gasteiger partial charge on any atom is 0.631 e. The van der Waals surface area contributed by atoms with Gasteiger partial charge in [0.25, 0.3) is 0 Å². The first-order chi connectivity index (χ1) is 6.32. The van der Waals surface area contributed by atoms with Crippen LogP contribution in [0.4, 0.5) is 13.2 Å². The largest absolute Gasteiger partial charge is 0.631 e. The van der Waals surface area contributed by atoms with Crippen molar-refractivity contribution in [1.82, 2.24) is 0 Å². The van der Waals surface area contributed by atoms with Crippen LogP contribution in [-0.2, 0) is 6.18 Å². The van der Waals surface area contributed by atoms with E-state index in [9.17, 15) is 13.2 Å². The molecule has 0 radical (unpaired) electrons. The fraction of sp³-hybridized carbons (Fsp3) is 0.143. The molecule has 0 bridgehead atoms. The molecule has 0 aromatic heterocycles. The zero-order chi connectivity index (χ0) is 10.9. The third kappa shape index (κ3) is 2.25. The van der Waals surface area contributed by atoms with Gasteiger partial charge in [-0.15, -0.1) is 0 Å². The summed E-state index contributed by atoms with van der Waals surface area (Å²) in [6.45, 7) is 0. The first-order valence-corrected chi connectivity index (χ1v) is 3.58. The number of benzene rings is 1. The normalized spacial score (nSPS) is 11.6. The minimum Gasteiger partial charge on any atom is -0.402 e. The topological polar surface area (TPSA) is 60.7 Å². The van der Waals surface area contributed by atoms with Gasteiger partial charge in [0.15, 0.2) is 0 Å². The lowest BCUT2D eigenvalue weighted by molar-refractivity contribution is -0.137. The Bertz CT molecular complexity index is 335. The van der Waals surface area contributed by atoms with Gasteiger partial charge in [0.05, 0.1) is 5.56 Å². The Morgan fingerprint density at radius 2 is 1.57 bits per heavy atom. The molecule has 0 amide bonds. The first-order valence-electron chi connectivity index (χ1n) is 3.58. The predicted molar refractivity (Wildman–Crippen MR) is 42.8 cm³/mol. The molecule has 14 heavy (non-hydrogen) atoms. The lowest BCUT2D eigenvalue weighted by atomic mass is 9.86. The van der Waals surface area contributed by atoms with Crippen LogP contribution in [-0.4, -0.2) is 22.4 Å². The molecule has 0 aliphatic heterocycles. The smallest absolute Gasteiger partial charge is 0.402 e. The van der Waals surface area contributed by atoms with Crippen LogP contribution in [0.1, 0.15) is 5.56 Å². The Morgan fingerprint density at radius 1 is 1.07 bits per heavy atom. The molecule has 3 N–H and O–H groups in total. The Balaban J connectivity index is 0.000000213. The minimum atomic E-state index is -4.15. The summed E-state index contributed by atoms with van der Waals surface area (Å²) in [6.07, 6.45) is -4.15. The molecule has 7 heteroatoms. The maximum absolute atomic E-state index is 11.8. The summed E-state index contributed by atoms with van der Waals surface area (Å²) < 4.78 is 35.5. The Hall–Kier alpha value is -1.05. The molecule has 0 fully saturated rings. The molecule has 2 aliphatic carbocycles. The second-order valence-corrected chi connectivity index (χ2v) is 2.60. The van der Waals surface area contributed by atoms with Gasteiger partial charge in [0.1, 0.15) is 0 Å². The van der Waals surface area contributed by atoms with E-state index in [4.69, 9.17) is 15.1 Å². The van der Waals surface area contributed by atoms with Crippen LogP contribution < -0.4 is 0 Å². The first kappa shape index (κ1) is 11.0. The second kappa shape index (κ2) is 3.60. The van der Waals surface area contributed by atoms with Gasteiger partial charge in [-0.1, -0.05) is 12.1 Å². The van der Waals surface area contributed by atoms with Gasteiger partial charge >= 0.3 is 13.5 Å². The molecule has 0 saturated heterocycles. The van der Waals surface area contributed by atoms with Gasteiger partial charge in [-0.25, -0.2) is 0 Å². The molecule has 0 spiro atoms. The number of hydrogen-bond donors (Lipinski definition) is 3. The van der Waals surface area contributed by atoms with Crippen LogP contribution in [0.25, 0.3) is 11.1 Å². The minimum absolute atomic E-state index is 0.368. The van der Waals surface area contributed by atoms with E-state index in [-0.39, 0.29) is 0 Å². The van der Waals surface area contributed by atoms with Gasteiger partial charge in [-0.3, -0.25) is 0 Å². The molecule has 0 saturated carbocycles. The highest BCUT2D eigenvalue weighted by Crippen LogP contribution is 2.45. The number of hydrogen-bond acceptors (Lipinski definition) is 3. The van der Waals surface area contributed by atoms with Gasteiger partial charge in [0, 0.05) is 0 Å². The number of fused-ring (bicyclic) bond motifs is 1. The standard InChI is InChI=1S/C7H3F3.BH3O3/c8-7(9,10)6-3-4-1-2-5(4)6;2-1(3)4/h1-3H;2-4H. The summed E-state index contributed by atoms with van der Waals surface area (Å²) in [5.74, 6) is 0. The van der Waals surface area contributed by atoms with Crippen LogP contribution >= 0.6 is 0 Å². The van der Waals surface area contributed by atoms with Gasteiger partial charge in [-0.2, -0.15) is 13.2 Å². The highest BCUT2D eigenvalue weighted by molar-refractivity contribution is 6.30. The molecule has 0 heterocycles. The van der Waals surface area contributed by atoms with Crippen LogP contribution in [0.15, 0.2) is 18.2 Å². The van der Waals surface area contributed by atoms with E-state index in [1.165, 1.54) is 6.07 Å². The van der Waals surface area contributed by atoms with Crippen LogP contribution in [0.2, 0.25) is 0 Å². The van der Waals surface area contributed by atoms with Crippen LogP contribution in [0, 0.1) is 0 Å². The van der Waals surface area contributed by atoms with E-state index in [1.807, 2.05) is 0 Å². The molecule has 2 aliphatic rings. The van der Waals surface area contributed by atoms with Crippen molar-refractivity contribution in [2.75, 3.05) is 0 Å². The maximum atomic E-state index is 11.8. The predicted octanol–water partition coefficient (Wildman–Crippen LogP) is 0.634. The average molecular weight is 206 g/mol. The summed E-state index contributed by atoms with van der Waals surface area (Å²) in [4.78, 5) is 0. The van der Waals surface area contributed by atoms with E-state index < -0.39 is 19.1 Å². The van der Waals surface area contributed by atoms with Crippen molar-refractivity contribution in [3.8, 4) is 11.1 Å². The third-order valence-electron chi connectivity index (χ3n) is 1.64. The number of halogens is 3. The van der Waals surface area contributed by atoms with Gasteiger partial charge in [0.2, 0.25) is 0 Å². The average Bonchev–Trinajstić information content (AvgIpc) is 1.91. The van der Waals surface area contributed by atoms with Crippen LogP contribution in [0.3, 0.4) is 0 Å². The molecule has 0 aromatic carbocycles. The summed E-state index contributed by atoms with van der Waals surface area (Å²) in [5.41, 5.74) is 0.616. The van der Waals surface area contributed by atoms with E-state index >= 15 is 0 Å². The number of rotatable bonds is 0. The van der Waals surface area contributed by atoms with E-state index in [2.05, 4.69) is 0 Å². The summed E-state index contributed by atoms with van der Waals surface area (Å²) in [6, 6.07) is 4.32. The molecule has 76 valence electrons. The Morgan fingerprint density at radius 3 is 1.64 bits per heavy atom. The number of alkyl halides is 3. The monoisotopic (exact) mass is 206 g/mol. The molecule has 0 atom stereocenters. The molecule has 0 unspecified atom stereocenters. The Kier molecular flexibility index (Phi) is 2.84. The van der Waals surface area contributed by atoms with Crippen molar-refractivity contribution in [3.63, 3.8) is 0 Å². The highest BCUT2D eigenvalue weighted by Gasteiger charge is 2.38. The van der Waals surface area contributed by atoms with Crippen LogP contribution in [0.5, 0.6) is 0 Å². The van der Waals surface area contributed by atoms with Crippen molar-refractivity contribution in [2.45, 2.75) is 6.18 Å². The summed E-state index contributed by atoms with van der Waals surface area (Å²) in [5, 5.41) is 21.5. The molecule has 3 nitrogen and oxygen atoms in total. The zero-order valence-electron chi connectivity index (χ0n) is 6.78. The quantitative estimate of drug-likeness (QED) is 0.554. The van der Waals surface area contributed by atoms with Crippen molar-refractivity contribution in [1.29, 1.82) is 0 Å². The van der Waals surface area contributed by atoms with Crippen molar-refractivity contribution in [2.24, 2.45) is 0 Å². The van der Waals surface area contributed by atoms with Crippen molar-refractivity contribution < 1.29 is 28.2 Å². The van der Waals surface area contributed by atoms with E-state index in [1.54, 1.807) is 6.07 Å². The lowest BCUT2D eigenvalue weighted by Crippen LogP contribution is -2.12. The lowest BCUT2D eigenvalue weighted by Gasteiger charge is -2.22. The SMILES string of the molecule is FC(F)(F)c1cc2ccc1-2.OB(O)O. The zero-order valence-corrected chi connectivity index (χ0v) is 6.78. The third-order valence-corrected chi connectivity index (χ3v) is 1.64. The van der Waals surface area contributed by atoms with Crippen molar-refractivity contribution >= 4 is 7.32 Å². The van der Waals surface area contributed by atoms with E-state index in [0.29, 0.717) is 5.56 Å². The molecule has 2 rings (SSSR count). The molecular weight excluding hydrogens is 200 g/mol. The van der Waals surface area contributed by atoms with Gasteiger partial charge in [-0.05, 0) is 17.2 Å². The second-order valence-electron chi connectivity index (χ2n) is 2.60. The summed E-state index contributed by atoms with van der Waals surface area (Å²) >= 11 is 0. The summed E-state index contributed by atoms with van der Waals surface area (Å²) in [7, 11) is -2.17. The molecular formula is C7H6BF3O3. The fourth-order valence-corrected chi connectivity index (χ4v) is 1.02.